The number of nitriles is 1. The van der Waals surface area contributed by atoms with Gasteiger partial charge in [0.1, 0.15) is 6.04 Å². The molecule has 1 aliphatic carbocycles. The SMILES string of the molecule is CNC(=O)c1ccc2c(c1)Cc1cc(C(=O)NC)ccc1C2(C[C@@H](C)NCC(=O)N1CCCC1C#N)c1nn[nH]n1. The minimum absolute atomic E-state index is 0.0899. The summed E-state index contributed by atoms with van der Waals surface area (Å²) in [5.74, 6) is -0.0587. The molecule has 0 spiro atoms. The molecule has 0 saturated carbocycles. The Bertz CT molecular complexity index is 1450. The van der Waals surface area contributed by atoms with E-state index in [0.29, 0.717) is 42.8 Å². The van der Waals surface area contributed by atoms with Crippen LogP contribution in [0.3, 0.4) is 0 Å². The molecule has 2 heterocycles. The van der Waals surface area contributed by atoms with E-state index < -0.39 is 5.41 Å². The third-order valence-corrected chi connectivity index (χ3v) is 8.15. The van der Waals surface area contributed by atoms with E-state index >= 15 is 0 Å². The molecule has 2 atom stereocenters. The first kappa shape index (κ1) is 27.9. The van der Waals surface area contributed by atoms with Crippen LogP contribution in [0.1, 0.15) is 75.0 Å². The van der Waals surface area contributed by atoms with Crippen LogP contribution >= 0.6 is 0 Å². The molecule has 41 heavy (non-hydrogen) atoms. The number of H-pyrrole nitrogens is 1. The monoisotopic (exact) mass is 555 g/mol. The molecule has 1 saturated heterocycles. The van der Waals surface area contributed by atoms with E-state index in [2.05, 4.69) is 42.6 Å². The first-order chi connectivity index (χ1) is 19.8. The largest absolute Gasteiger partial charge is 0.355 e. The van der Waals surface area contributed by atoms with Crippen molar-refractivity contribution in [3.8, 4) is 6.07 Å². The van der Waals surface area contributed by atoms with E-state index in [-0.39, 0.29) is 36.3 Å². The van der Waals surface area contributed by atoms with Gasteiger partial charge in [0.2, 0.25) is 5.91 Å². The van der Waals surface area contributed by atoms with Crippen molar-refractivity contribution >= 4 is 17.7 Å². The normalized spacial score (nSPS) is 17.6. The number of aromatic nitrogens is 4. The summed E-state index contributed by atoms with van der Waals surface area (Å²) >= 11 is 0. The van der Waals surface area contributed by atoms with Gasteiger partial charge in [-0.05, 0) is 79.1 Å². The Hall–Kier alpha value is -4.63. The standard InChI is InChI=1S/C29H33N9O3/c1-17(33-16-25(39)38-10-4-5-22(38)15-30)14-29(28-34-36-37-35-28)23-8-6-18(26(40)31-2)11-20(23)13-21-12-19(27(41)32-3)7-9-24(21)29/h6-9,11-12,17,22,33H,4-5,10,13-14,16H2,1-3H3,(H,31,40)(H,32,41)(H,34,35,36,37)/t17-,22?/m1/s1. The number of benzene rings is 2. The van der Waals surface area contributed by atoms with Crippen LogP contribution < -0.4 is 16.0 Å². The molecule has 12 heteroatoms. The van der Waals surface area contributed by atoms with Gasteiger partial charge in [0.15, 0.2) is 5.82 Å². The highest BCUT2D eigenvalue weighted by Gasteiger charge is 2.47. The smallest absolute Gasteiger partial charge is 0.251 e. The molecule has 2 aromatic carbocycles. The molecule has 0 bridgehead atoms. The van der Waals surface area contributed by atoms with Crippen LogP contribution in [0.4, 0.5) is 0 Å². The van der Waals surface area contributed by atoms with Crippen molar-refractivity contribution < 1.29 is 14.4 Å². The second-order valence-electron chi connectivity index (χ2n) is 10.6. The Kier molecular flexibility index (Phi) is 7.81. The zero-order valence-corrected chi connectivity index (χ0v) is 23.3. The molecule has 212 valence electrons. The number of aromatic amines is 1. The quantitative estimate of drug-likeness (QED) is 0.320. The van der Waals surface area contributed by atoms with Crippen LogP contribution in [0.5, 0.6) is 0 Å². The number of nitrogens with zero attached hydrogens (tertiary/aromatic N) is 5. The van der Waals surface area contributed by atoms with Crippen LogP contribution in [-0.4, -0.2) is 82.5 Å². The fraction of sp³-hybridized carbons (Fsp3) is 0.414. The van der Waals surface area contributed by atoms with Crippen LogP contribution in [0, 0.1) is 11.3 Å². The minimum atomic E-state index is -0.892. The Balaban J connectivity index is 1.57. The summed E-state index contributed by atoms with van der Waals surface area (Å²) in [5.41, 5.74) is 3.83. The van der Waals surface area contributed by atoms with Crippen LogP contribution in [-0.2, 0) is 16.6 Å². The predicted octanol–water partition coefficient (Wildman–Crippen LogP) is 1.04. The first-order valence-electron chi connectivity index (χ1n) is 13.7. The lowest BCUT2D eigenvalue weighted by atomic mass is 9.62. The lowest BCUT2D eigenvalue weighted by Crippen LogP contribution is -2.46. The predicted molar refractivity (Wildman–Crippen MR) is 149 cm³/mol. The van der Waals surface area contributed by atoms with Gasteiger partial charge in [-0.2, -0.15) is 10.5 Å². The summed E-state index contributed by atoms with van der Waals surface area (Å²) in [5, 5.41) is 33.5. The van der Waals surface area contributed by atoms with Crippen LogP contribution in [0.25, 0.3) is 0 Å². The van der Waals surface area contributed by atoms with E-state index in [4.69, 9.17) is 0 Å². The fourth-order valence-corrected chi connectivity index (χ4v) is 6.22. The van der Waals surface area contributed by atoms with E-state index in [1.54, 1.807) is 31.1 Å². The van der Waals surface area contributed by atoms with Gasteiger partial charge in [0.25, 0.3) is 11.8 Å². The van der Waals surface area contributed by atoms with Crippen molar-refractivity contribution in [3.05, 3.63) is 75.6 Å². The molecule has 1 aromatic heterocycles. The molecule has 1 unspecified atom stereocenters. The van der Waals surface area contributed by atoms with Crippen molar-refractivity contribution in [3.63, 3.8) is 0 Å². The molecule has 5 rings (SSSR count). The van der Waals surface area contributed by atoms with Gasteiger partial charge in [-0.15, -0.1) is 10.2 Å². The van der Waals surface area contributed by atoms with Gasteiger partial charge < -0.3 is 20.9 Å². The van der Waals surface area contributed by atoms with E-state index in [1.165, 1.54) is 0 Å². The lowest BCUT2D eigenvalue weighted by Gasteiger charge is -2.41. The summed E-state index contributed by atoms with van der Waals surface area (Å²) in [7, 11) is 3.18. The van der Waals surface area contributed by atoms with Crippen molar-refractivity contribution in [2.75, 3.05) is 27.2 Å². The summed E-state index contributed by atoms with van der Waals surface area (Å²) in [6, 6.07) is 12.8. The Morgan fingerprint density at radius 3 is 2.27 bits per heavy atom. The van der Waals surface area contributed by atoms with E-state index in [1.807, 2.05) is 31.2 Å². The molecular weight excluding hydrogens is 522 g/mol. The number of amides is 3. The number of carbonyl (C=O) groups excluding carboxylic acids is 3. The van der Waals surface area contributed by atoms with Gasteiger partial charge >= 0.3 is 0 Å². The number of tetrazole rings is 1. The van der Waals surface area contributed by atoms with Crippen LogP contribution in [0.15, 0.2) is 36.4 Å². The zero-order chi connectivity index (χ0) is 29.1. The summed E-state index contributed by atoms with van der Waals surface area (Å²) in [4.78, 5) is 39.7. The highest BCUT2D eigenvalue weighted by molar-refractivity contribution is 5.95. The lowest BCUT2D eigenvalue weighted by molar-refractivity contribution is -0.130. The Labute approximate surface area is 237 Å². The minimum Gasteiger partial charge on any atom is -0.355 e. The molecule has 12 nitrogen and oxygen atoms in total. The first-order valence-corrected chi connectivity index (χ1v) is 13.7. The van der Waals surface area contributed by atoms with Gasteiger partial charge in [-0.3, -0.25) is 14.4 Å². The maximum atomic E-state index is 13.0. The average Bonchev–Trinajstić information content (AvgIpc) is 3.71. The Morgan fingerprint density at radius 2 is 1.73 bits per heavy atom. The number of rotatable bonds is 8. The second kappa shape index (κ2) is 11.5. The highest BCUT2D eigenvalue weighted by atomic mass is 16.2. The summed E-state index contributed by atoms with van der Waals surface area (Å²) in [6.07, 6.45) is 2.48. The number of likely N-dealkylation sites (tertiary alicyclic amines) is 1. The van der Waals surface area contributed by atoms with Gasteiger partial charge in [-0.25, -0.2) is 0 Å². The third-order valence-electron chi connectivity index (χ3n) is 8.15. The van der Waals surface area contributed by atoms with Crippen LogP contribution in [0.2, 0.25) is 0 Å². The van der Waals surface area contributed by atoms with Gasteiger partial charge in [0, 0.05) is 37.8 Å². The number of fused-ring (bicyclic) bond motifs is 2. The molecular formula is C29H33N9O3. The van der Waals surface area contributed by atoms with Crippen molar-refractivity contribution in [2.24, 2.45) is 0 Å². The molecule has 0 radical (unpaired) electrons. The fourth-order valence-electron chi connectivity index (χ4n) is 6.22. The summed E-state index contributed by atoms with van der Waals surface area (Å²) < 4.78 is 0. The zero-order valence-electron chi connectivity index (χ0n) is 23.3. The van der Waals surface area contributed by atoms with Crippen molar-refractivity contribution in [1.29, 1.82) is 5.26 Å². The molecule has 2 aliphatic rings. The molecule has 3 amide bonds. The third kappa shape index (κ3) is 5.04. The molecule has 4 N–H and O–H groups in total. The van der Waals surface area contributed by atoms with E-state index in [0.717, 1.165) is 28.7 Å². The van der Waals surface area contributed by atoms with Crippen molar-refractivity contribution in [1.82, 2.24) is 41.5 Å². The average molecular weight is 556 g/mol. The van der Waals surface area contributed by atoms with Gasteiger partial charge in [-0.1, -0.05) is 17.3 Å². The molecule has 3 aromatic rings. The topological polar surface area (TPSA) is 169 Å². The Morgan fingerprint density at radius 1 is 1.10 bits per heavy atom. The maximum absolute atomic E-state index is 13.0. The molecule has 1 aliphatic heterocycles. The second-order valence-corrected chi connectivity index (χ2v) is 10.6. The van der Waals surface area contributed by atoms with E-state index in [9.17, 15) is 19.6 Å². The number of hydrogen-bond donors (Lipinski definition) is 4. The number of carbonyl (C=O) groups is 3. The maximum Gasteiger partial charge on any atom is 0.251 e. The molecule has 1 fully saturated rings. The van der Waals surface area contributed by atoms with Gasteiger partial charge in [0.05, 0.1) is 18.0 Å². The number of nitrogens with one attached hydrogen (secondary N) is 4. The highest BCUT2D eigenvalue weighted by Crippen LogP contribution is 2.48. The summed E-state index contributed by atoms with van der Waals surface area (Å²) in [6.45, 7) is 2.67. The number of hydrogen-bond acceptors (Lipinski definition) is 8. The van der Waals surface area contributed by atoms with Crippen molar-refractivity contribution in [2.45, 2.75) is 50.1 Å².